The number of unbranched alkanes of at least 4 members (excludes halogenated alkanes) is 31. The van der Waals surface area contributed by atoms with Crippen LogP contribution in [0, 0.1) is 11.8 Å². The first-order chi connectivity index (χ1) is 28.2. The van der Waals surface area contributed by atoms with Crippen LogP contribution in [-0.2, 0) is 28.6 Å². The van der Waals surface area contributed by atoms with Gasteiger partial charge in [0.1, 0.15) is 13.2 Å². The standard InChI is InChI=1S/C52H100O6/c1-6-7-8-9-10-11-23-26-32-37-42-50(53)56-45-49(46-57-51(54)43-38-33-29-28-31-36-41-48(4)5)58-52(55)44-39-34-27-24-21-19-17-15-13-12-14-16-18-20-22-25-30-35-40-47(2)3/h47-49H,6-46H2,1-5H3/t49-/m0/s1. The number of hydrogen-bond acceptors (Lipinski definition) is 6. The SMILES string of the molecule is CCCCCCCCCCCCC(=O)OC[C@@H](COC(=O)CCCCCCCCC(C)C)OC(=O)CCCCCCCCCCCCCCCCCCCCC(C)C. The lowest BCUT2D eigenvalue weighted by molar-refractivity contribution is -0.167. The van der Waals surface area contributed by atoms with Crippen LogP contribution >= 0.6 is 0 Å². The number of ether oxygens (including phenoxy) is 3. The van der Waals surface area contributed by atoms with Crippen LogP contribution in [0.3, 0.4) is 0 Å². The lowest BCUT2D eigenvalue weighted by atomic mass is 10.0. The van der Waals surface area contributed by atoms with Crippen LogP contribution in [0.25, 0.3) is 0 Å². The van der Waals surface area contributed by atoms with Crippen molar-refractivity contribution in [1.29, 1.82) is 0 Å². The Morgan fingerprint density at radius 2 is 0.569 bits per heavy atom. The number of hydrogen-bond donors (Lipinski definition) is 0. The highest BCUT2D eigenvalue weighted by molar-refractivity contribution is 5.71. The first-order valence-corrected chi connectivity index (χ1v) is 25.7. The van der Waals surface area contributed by atoms with Crippen molar-refractivity contribution in [2.24, 2.45) is 11.8 Å². The molecule has 6 nitrogen and oxygen atoms in total. The van der Waals surface area contributed by atoms with Gasteiger partial charge in [-0.2, -0.15) is 0 Å². The highest BCUT2D eigenvalue weighted by Crippen LogP contribution is 2.17. The van der Waals surface area contributed by atoms with Gasteiger partial charge in [0.05, 0.1) is 0 Å². The van der Waals surface area contributed by atoms with Gasteiger partial charge in [-0.3, -0.25) is 14.4 Å². The second-order valence-electron chi connectivity index (χ2n) is 18.8. The highest BCUT2D eigenvalue weighted by Gasteiger charge is 2.19. The normalized spacial score (nSPS) is 12.1. The maximum Gasteiger partial charge on any atom is 0.306 e. The Bertz CT molecular complexity index is 885. The Morgan fingerprint density at radius 1 is 0.328 bits per heavy atom. The number of esters is 3. The zero-order valence-electron chi connectivity index (χ0n) is 39.7. The van der Waals surface area contributed by atoms with Gasteiger partial charge in [-0.25, -0.2) is 0 Å². The third-order valence-electron chi connectivity index (χ3n) is 11.7. The fourth-order valence-corrected chi connectivity index (χ4v) is 7.81. The van der Waals surface area contributed by atoms with Crippen molar-refractivity contribution in [2.75, 3.05) is 13.2 Å². The molecule has 0 aliphatic heterocycles. The molecule has 0 spiro atoms. The Labute approximate surface area is 361 Å². The molecule has 0 unspecified atom stereocenters. The zero-order valence-corrected chi connectivity index (χ0v) is 39.7. The van der Waals surface area contributed by atoms with E-state index in [4.69, 9.17) is 14.2 Å². The maximum absolute atomic E-state index is 12.8. The van der Waals surface area contributed by atoms with Crippen molar-refractivity contribution in [1.82, 2.24) is 0 Å². The molecule has 344 valence electrons. The Hall–Kier alpha value is -1.59. The minimum Gasteiger partial charge on any atom is -0.462 e. The van der Waals surface area contributed by atoms with E-state index >= 15 is 0 Å². The molecule has 0 N–H and O–H groups in total. The molecule has 0 aromatic carbocycles. The van der Waals surface area contributed by atoms with E-state index < -0.39 is 6.10 Å². The summed E-state index contributed by atoms with van der Waals surface area (Å²) < 4.78 is 16.7. The predicted octanol–water partition coefficient (Wildman–Crippen LogP) is 16.5. The summed E-state index contributed by atoms with van der Waals surface area (Å²) in [5.74, 6) is 0.766. The summed E-state index contributed by atoms with van der Waals surface area (Å²) in [6.45, 7) is 11.3. The fourth-order valence-electron chi connectivity index (χ4n) is 7.81. The summed E-state index contributed by atoms with van der Waals surface area (Å²) in [5.41, 5.74) is 0. The van der Waals surface area contributed by atoms with Gasteiger partial charge < -0.3 is 14.2 Å². The van der Waals surface area contributed by atoms with Crippen LogP contribution in [0.4, 0.5) is 0 Å². The van der Waals surface area contributed by atoms with Crippen molar-refractivity contribution in [3.8, 4) is 0 Å². The van der Waals surface area contributed by atoms with Crippen LogP contribution in [0.2, 0.25) is 0 Å². The summed E-state index contributed by atoms with van der Waals surface area (Å²) in [7, 11) is 0. The maximum atomic E-state index is 12.8. The molecular weight excluding hydrogens is 721 g/mol. The fraction of sp³-hybridized carbons (Fsp3) is 0.942. The van der Waals surface area contributed by atoms with Crippen LogP contribution < -0.4 is 0 Å². The van der Waals surface area contributed by atoms with Gasteiger partial charge in [-0.05, 0) is 31.1 Å². The number of rotatable bonds is 46. The molecule has 0 aliphatic carbocycles. The molecule has 0 bridgehead atoms. The average Bonchev–Trinajstić information content (AvgIpc) is 3.19. The van der Waals surface area contributed by atoms with E-state index in [1.165, 1.54) is 173 Å². The van der Waals surface area contributed by atoms with Gasteiger partial charge >= 0.3 is 17.9 Å². The molecule has 0 aromatic heterocycles. The third kappa shape index (κ3) is 45.5. The Morgan fingerprint density at radius 3 is 0.845 bits per heavy atom. The summed E-state index contributed by atoms with van der Waals surface area (Å²) in [6, 6.07) is 0. The van der Waals surface area contributed by atoms with Crippen LogP contribution in [0.15, 0.2) is 0 Å². The van der Waals surface area contributed by atoms with E-state index in [0.29, 0.717) is 19.3 Å². The van der Waals surface area contributed by atoms with Crippen molar-refractivity contribution in [3.63, 3.8) is 0 Å². The lowest BCUT2D eigenvalue weighted by Gasteiger charge is -2.18. The van der Waals surface area contributed by atoms with Crippen LogP contribution in [-0.4, -0.2) is 37.2 Å². The molecule has 0 rings (SSSR count). The Balaban J connectivity index is 4.18. The van der Waals surface area contributed by atoms with Crippen molar-refractivity contribution >= 4 is 17.9 Å². The summed E-state index contributed by atoms with van der Waals surface area (Å²) in [5, 5.41) is 0. The number of carbonyl (C=O) groups excluding carboxylic acids is 3. The number of carbonyl (C=O) groups is 3. The lowest BCUT2D eigenvalue weighted by Crippen LogP contribution is -2.30. The topological polar surface area (TPSA) is 78.9 Å². The summed E-state index contributed by atoms with van der Waals surface area (Å²) in [4.78, 5) is 37.8. The van der Waals surface area contributed by atoms with E-state index in [1.54, 1.807) is 0 Å². The molecule has 0 saturated carbocycles. The second-order valence-corrected chi connectivity index (χ2v) is 18.8. The molecule has 58 heavy (non-hydrogen) atoms. The molecule has 6 heteroatoms. The largest absolute Gasteiger partial charge is 0.462 e. The van der Waals surface area contributed by atoms with Crippen LogP contribution in [0.1, 0.15) is 285 Å². The monoisotopic (exact) mass is 821 g/mol. The zero-order chi connectivity index (χ0) is 42.6. The molecule has 0 radical (unpaired) electrons. The predicted molar refractivity (Wildman–Crippen MR) is 247 cm³/mol. The van der Waals surface area contributed by atoms with Gasteiger partial charge in [0.15, 0.2) is 6.10 Å². The van der Waals surface area contributed by atoms with Gasteiger partial charge in [0, 0.05) is 19.3 Å². The van der Waals surface area contributed by atoms with E-state index in [0.717, 1.165) is 69.6 Å². The second kappa shape index (κ2) is 44.9. The molecule has 0 fully saturated rings. The minimum atomic E-state index is -0.761. The van der Waals surface area contributed by atoms with Crippen molar-refractivity contribution in [3.05, 3.63) is 0 Å². The molecule has 0 amide bonds. The molecule has 1 atom stereocenters. The summed E-state index contributed by atoms with van der Waals surface area (Å²) in [6.07, 6.45) is 45.4. The molecule has 0 aliphatic rings. The first kappa shape index (κ1) is 56.4. The van der Waals surface area contributed by atoms with Gasteiger partial charge in [-0.15, -0.1) is 0 Å². The van der Waals surface area contributed by atoms with E-state index in [1.807, 2.05) is 0 Å². The van der Waals surface area contributed by atoms with E-state index in [9.17, 15) is 14.4 Å². The minimum absolute atomic E-state index is 0.0647. The molecule has 0 heterocycles. The third-order valence-corrected chi connectivity index (χ3v) is 11.7. The Kier molecular flexibility index (Phi) is 43.7. The molecule has 0 aromatic rings. The van der Waals surface area contributed by atoms with E-state index in [-0.39, 0.29) is 31.1 Å². The quantitative estimate of drug-likeness (QED) is 0.0346. The smallest absolute Gasteiger partial charge is 0.306 e. The average molecular weight is 821 g/mol. The van der Waals surface area contributed by atoms with Gasteiger partial charge in [-0.1, -0.05) is 247 Å². The summed E-state index contributed by atoms with van der Waals surface area (Å²) >= 11 is 0. The molecule has 0 saturated heterocycles. The van der Waals surface area contributed by atoms with Gasteiger partial charge in [0.25, 0.3) is 0 Å². The molecular formula is C52H100O6. The van der Waals surface area contributed by atoms with Gasteiger partial charge in [0.2, 0.25) is 0 Å². The van der Waals surface area contributed by atoms with E-state index in [2.05, 4.69) is 34.6 Å². The van der Waals surface area contributed by atoms with Crippen LogP contribution in [0.5, 0.6) is 0 Å². The highest BCUT2D eigenvalue weighted by atomic mass is 16.6. The van der Waals surface area contributed by atoms with Crippen molar-refractivity contribution < 1.29 is 28.6 Å². The first-order valence-electron chi connectivity index (χ1n) is 25.7. The van der Waals surface area contributed by atoms with Crippen molar-refractivity contribution in [2.45, 2.75) is 291 Å².